The number of anilines is 1. The summed E-state index contributed by atoms with van der Waals surface area (Å²) in [5.41, 5.74) is 3.80. The van der Waals surface area contributed by atoms with Gasteiger partial charge < -0.3 is 8.83 Å². The van der Waals surface area contributed by atoms with Gasteiger partial charge in [-0.25, -0.2) is 4.98 Å². The third-order valence-electron chi connectivity index (χ3n) is 5.05. The molecule has 0 saturated heterocycles. The zero-order valence-electron chi connectivity index (χ0n) is 16.9. The topological polar surface area (TPSA) is 94.1 Å². The van der Waals surface area contributed by atoms with Crippen molar-refractivity contribution in [1.29, 1.82) is 0 Å². The van der Waals surface area contributed by atoms with Crippen LogP contribution in [0.2, 0.25) is 0 Å². The molecule has 3 heterocycles. The lowest BCUT2D eigenvalue weighted by Crippen LogP contribution is -2.13. The molecule has 0 aliphatic heterocycles. The van der Waals surface area contributed by atoms with Crippen molar-refractivity contribution in [3.8, 4) is 22.9 Å². The standard InChI is InChI=1S/C24H18N4O3/c1-14-12-21(30-15(14)2)23-27-28-24(31-23)26-22(29)18-13-20(16-8-4-3-5-9-16)25-19-11-7-6-10-17(18)19/h3-13H,1-2H3,(H,26,28,29). The van der Waals surface area contributed by atoms with Gasteiger partial charge in [0.1, 0.15) is 5.76 Å². The largest absolute Gasteiger partial charge is 0.456 e. The van der Waals surface area contributed by atoms with E-state index in [9.17, 15) is 4.79 Å². The van der Waals surface area contributed by atoms with Crippen LogP contribution in [-0.4, -0.2) is 21.1 Å². The zero-order valence-corrected chi connectivity index (χ0v) is 16.9. The van der Waals surface area contributed by atoms with Gasteiger partial charge in [-0.15, -0.1) is 5.10 Å². The predicted octanol–water partition coefficient (Wildman–Crippen LogP) is 5.41. The van der Waals surface area contributed by atoms with E-state index in [4.69, 9.17) is 13.8 Å². The minimum absolute atomic E-state index is 0.00568. The van der Waals surface area contributed by atoms with Crippen molar-refractivity contribution < 1.29 is 13.6 Å². The summed E-state index contributed by atoms with van der Waals surface area (Å²) in [6, 6.07) is 20.8. The maximum atomic E-state index is 13.1. The molecule has 0 fully saturated rings. The average Bonchev–Trinajstić information content (AvgIpc) is 3.39. The average molecular weight is 410 g/mol. The molecule has 5 aromatic rings. The Hall–Kier alpha value is -4.26. The second-order valence-corrected chi connectivity index (χ2v) is 7.15. The Morgan fingerprint density at radius 2 is 1.68 bits per heavy atom. The van der Waals surface area contributed by atoms with E-state index in [1.807, 2.05) is 74.5 Å². The summed E-state index contributed by atoms with van der Waals surface area (Å²) < 4.78 is 11.2. The molecule has 0 aliphatic carbocycles. The van der Waals surface area contributed by atoms with Crippen molar-refractivity contribution in [3.63, 3.8) is 0 Å². The smallest absolute Gasteiger partial charge is 0.322 e. The number of furan rings is 1. The molecule has 0 spiro atoms. The number of carbonyl (C=O) groups is 1. The van der Waals surface area contributed by atoms with Crippen LogP contribution in [0.4, 0.5) is 6.01 Å². The minimum Gasteiger partial charge on any atom is -0.456 e. The summed E-state index contributed by atoms with van der Waals surface area (Å²) in [5.74, 6) is 1.08. The van der Waals surface area contributed by atoms with E-state index in [-0.39, 0.29) is 17.8 Å². The van der Waals surface area contributed by atoms with Crippen LogP contribution in [-0.2, 0) is 0 Å². The van der Waals surface area contributed by atoms with Crippen LogP contribution in [0.3, 0.4) is 0 Å². The molecule has 7 heteroatoms. The van der Waals surface area contributed by atoms with Gasteiger partial charge in [-0.3, -0.25) is 10.1 Å². The van der Waals surface area contributed by atoms with Crippen LogP contribution >= 0.6 is 0 Å². The van der Waals surface area contributed by atoms with Crippen LogP contribution in [0, 0.1) is 13.8 Å². The van der Waals surface area contributed by atoms with Gasteiger partial charge in [0.05, 0.1) is 16.8 Å². The SMILES string of the molecule is Cc1cc(-c2nnc(NC(=O)c3cc(-c4ccccc4)nc4ccccc34)o2)oc1C. The molecule has 0 bridgehead atoms. The Morgan fingerprint density at radius 1 is 0.903 bits per heavy atom. The fourth-order valence-electron chi connectivity index (χ4n) is 3.34. The number of nitrogens with one attached hydrogen (secondary N) is 1. The van der Waals surface area contributed by atoms with Crippen LogP contribution in [0.5, 0.6) is 0 Å². The van der Waals surface area contributed by atoms with E-state index < -0.39 is 0 Å². The number of aryl methyl sites for hydroxylation is 2. The van der Waals surface area contributed by atoms with E-state index in [0.29, 0.717) is 17.0 Å². The number of para-hydroxylation sites is 1. The molecule has 0 saturated carbocycles. The summed E-state index contributed by atoms with van der Waals surface area (Å²) >= 11 is 0. The molecule has 152 valence electrons. The monoisotopic (exact) mass is 410 g/mol. The lowest BCUT2D eigenvalue weighted by atomic mass is 10.0. The van der Waals surface area contributed by atoms with Gasteiger partial charge in [0.2, 0.25) is 0 Å². The van der Waals surface area contributed by atoms with E-state index in [0.717, 1.165) is 27.8 Å². The second kappa shape index (κ2) is 7.53. The Bertz CT molecular complexity index is 1380. The van der Waals surface area contributed by atoms with Crippen LogP contribution in [0.1, 0.15) is 21.7 Å². The number of carbonyl (C=O) groups excluding carboxylic acids is 1. The number of hydrogen-bond donors (Lipinski definition) is 1. The minimum atomic E-state index is -0.363. The summed E-state index contributed by atoms with van der Waals surface area (Å²) in [5, 5.41) is 11.3. The van der Waals surface area contributed by atoms with Gasteiger partial charge >= 0.3 is 6.01 Å². The fraction of sp³-hybridized carbons (Fsp3) is 0.0833. The Morgan fingerprint density at radius 3 is 2.45 bits per heavy atom. The highest BCUT2D eigenvalue weighted by Gasteiger charge is 2.18. The molecule has 2 aromatic carbocycles. The molecule has 7 nitrogen and oxygen atoms in total. The highest BCUT2D eigenvalue weighted by atomic mass is 16.4. The lowest BCUT2D eigenvalue weighted by molar-refractivity contribution is 0.102. The predicted molar refractivity (Wildman–Crippen MR) is 117 cm³/mol. The van der Waals surface area contributed by atoms with E-state index in [1.165, 1.54) is 0 Å². The first-order chi connectivity index (χ1) is 15.1. The summed E-state index contributed by atoms with van der Waals surface area (Å²) in [6.45, 7) is 3.79. The number of benzene rings is 2. The van der Waals surface area contributed by atoms with Gasteiger partial charge in [0.15, 0.2) is 5.76 Å². The molecule has 0 radical (unpaired) electrons. The number of rotatable bonds is 4. The van der Waals surface area contributed by atoms with Crippen molar-refractivity contribution in [1.82, 2.24) is 15.2 Å². The first kappa shape index (κ1) is 18.7. The maximum Gasteiger partial charge on any atom is 0.322 e. The molecule has 0 atom stereocenters. The number of fused-ring (bicyclic) bond motifs is 1. The Labute approximate surface area is 177 Å². The maximum absolute atomic E-state index is 13.1. The highest BCUT2D eigenvalue weighted by Crippen LogP contribution is 2.27. The molecule has 3 aromatic heterocycles. The molecule has 0 unspecified atom stereocenters. The van der Waals surface area contributed by atoms with Crippen LogP contribution in [0.15, 0.2) is 75.6 Å². The van der Waals surface area contributed by atoms with Gasteiger partial charge in [-0.2, -0.15) is 0 Å². The normalized spacial score (nSPS) is 11.0. The fourth-order valence-corrected chi connectivity index (χ4v) is 3.34. The van der Waals surface area contributed by atoms with Crippen LogP contribution < -0.4 is 5.32 Å². The van der Waals surface area contributed by atoms with Crippen molar-refractivity contribution in [2.45, 2.75) is 13.8 Å². The third kappa shape index (κ3) is 3.57. The molecule has 1 amide bonds. The summed E-state index contributed by atoms with van der Waals surface area (Å²) in [6.07, 6.45) is 0. The molecule has 31 heavy (non-hydrogen) atoms. The number of amides is 1. The van der Waals surface area contributed by atoms with Crippen molar-refractivity contribution >= 4 is 22.8 Å². The first-order valence-corrected chi connectivity index (χ1v) is 9.76. The molecular weight excluding hydrogens is 392 g/mol. The molecular formula is C24H18N4O3. The van der Waals surface area contributed by atoms with E-state index in [2.05, 4.69) is 15.5 Å². The van der Waals surface area contributed by atoms with Crippen molar-refractivity contribution in [3.05, 3.63) is 83.6 Å². The number of pyridine rings is 1. The first-order valence-electron chi connectivity index (χ1n) is 9.76. The van der Waals surface area contributed by atoms with Crippen molar-refractivity contribution in [2.75, 3.05) is 5.32 Å². The van der Waals surface area contributed by atoms with Gasteiger partial charge in [-0.05, 0) is 37.6 Å². The van der Waals surface area contributed by atoms with Gasteiger partial charge in [0, 0.05) is 10.9 Å². The molecule has 1 N–H and O–H groups in total. The number of nitrogens with zero attached hydrogens (tertiary/aromatic N) is 3. The van der Waals surface area contributed by atoms with Gasteiger partial charge in [0.25, 0.3) is 11.8 Å². The third-order valence-corrected chi connectivity index (χ3v) is 5.05. The summed E-state index contributed by atoms with van der Waals surface area (Å²) in [4.78, 5) is 17.8. The van der Waals surface area contributed by atoms with E-state index >= 15 is 0 Å². The van der Waals surface area contributed by atoms with E-state index in [1.54, 1.807) is 6.07 Å². The van der Waals surface area contributed by atoms with Crippen molar-refractivity contribution in [2.24, 2.45) is 0 Å². The second-order valence-electron chi connectivity index (χ2n) is 7.15. The zero-order chi connectivity index (χ0) is 21.4. The highest BCUT2D eigenvalue weighted by molar-refractivity contribution is 6.12. The summed E-state index contributed by atoms with van der Waals surface area (Å²) in [7, 11) is 0. The van der Waals surface area contributed by atoms with Crippen LogP contribution in [0.25, 0.3) is 33.8 Å². The number of hydrogen-bond acceptors (Lipinski definition) is 6. The quantitative estimate of drug-likeness (QED) is 0.425. The molecule has 0 aliphatic rings. The Kier molecular flexibility index (Phi) is 4.55. The van der Waals surface area contributed by atoms with Gasteiger partial charge in [-0.1, -0.05) is 53.6 Å². The Balaban J connectivity index is 1.50. The lowest BCUT2D eigenvalue weighted by Gasteiger charge is -2.09. The number of aromatic nitrogens is 3. The molecule has 5 rings (SSSR count).